The fourth-order valence-corrected chi connectivity index (χ4v) is 2.41. The normalized spacial score (nSPS) is 15.2. The molecule has 0 aliphatic carbocycles. The molecule has 0 saturated carbocycles. The van der Waals surface area contributed by atoms with Gasteiger partial charge in [0.1, 0.15) is 5.82 Å². The molecule has 1 aromatic heterocycles. The Kier molecular flexibility index (Phi) is 3.58. The number of nitrogens with one attached hydrogen (secondary N) is 1. The zero-order valence-corrected chi connectivity index (χ0v) is 11.9. The Labute approximate surface area is 123 Å². The summed E-state index contributed by atoms with van der Waals surface area (Å²) in [6.07, 6.45) is 3.84. The van der Waals surface area contributed by atoms with E-state index in [1.54, 1.807) is 6.07 Å². The van der Waals surface area contributed by atoms with Crippen LogP contribution in [0.15, 0.2) is 35.3 Å². The lowest BCUT2D eigenvalue weighted by atomic mass is 10.0. The number of aromatic nitrogens is 1. The molecule has 1 aliphatic heterocycles. The maximum Gasteiger partial charge on any atom is 0.126 e. The molecule has 0 unspecified atom stereocenters. The van der Waals surface area contributed by atoms with Crippen LogP contribution in [0.4, 0.5) is 11.5 Å². The van der Waals surface area contributed by atoms with Gasteiger partial charge in [-0.15, -0.1) is 0 Å². The molecular formula is C16H18N4O. The van der Waals surface area contributed by atoms with Crippen molar-refractivity contribution in [3.8, 4) is 0 Å². The van der Waals surface area contributed by atoms with E-state index in [1.165, 1.54) is 5.57 Å². The van der Waals surface area contributed by atoms with Crippen LogP contribution in [0.1, 0.15) is 12.5 Å². The number of fused-ring (bicyclic) bond motifs is 1. The number of nitrogen functional groups attached to an aromatic ring is 1. The highest BCUT2D eigenvalue weighted by Gasteiger charge is 2.10. The highest BCUT2D eigenvalue weighted by Crippen LogP contribution is 2.28. The first kappa shape index (κ1) is 13.6. The van der Waals surface area contributed by atoms with Gasteiger partial charge in [0.05, 0.1) is 18.7 Å². The number of rotatable bonds is 4. The molecule has 1 aliphatic rings. The van der Waals surface area contributed by atoms with Crippen LogP contribution in [0, 0.1) is 0 Å². The van der Waals surface area contributed by atoms with Crippen molar-refractivity contribution in [2.45, 2.75) is 13.0 Å². The molecule has 0 amide bonds. The standard InChI is InChI=1S/C16H18N4O/c1-10(9-21)19-15-7-16(17)20-14-6-11(2-3-13(14)15)12-4-5-18-8-12/h2-7,10,21H,8-9H2,1H3,(H3,17,19,20)/t10-/m0/s1. The number of nitrogens with two attached hydrogens (primary N) is 1. The predicted octanol–water partition coefficient (Wildman–Crippen LogP) is 2.08. The van der Waals surface area contributed by atoms with Gasteiger partial charge in [-0.2, -0.15) is 0 Å². The monoisotopic (exact) mass is 282 g/mol. The number of hydrogen-bond donors (Lipinski definition) is 3. The first-order chi connectivity index (χ1) is 10.2. The van der Waals surface area contributed by atoms with Crippen LogP contribution in [-0.2, 0) is 0 Å². The Morgan fingerprint density at radius 1 is 1.38 bits per heavy atom. The third-order valence-electron chi connectivity index (χ3n) is 3.52. The molecule has 5 nitrogen and oxygen atoms in total. The van der Waals surface area contributed by atoms with Crippen LogP contribution < -0.4 is 11.1 Å². The van der Waals surface area contributed by atoms with Crippen molar-refractivity contribution in [3.05, 3.63) is 35.9 Å². The van der Waals surface area contributed by atoms with Crippen molar-refractivity contribution in [1.29, 1.82) is 0 Å². The first-order valence-electron chi connectivity index (χ1n) is 6.94. The van der Waals surface area contributed by atoms with Crippen molar-refractivity contribution >= 4 is 34.2 Å². The molecule has 1 aromatic carbocycles. The second-order valence-electron chi connectivity index (χ2n) is 5.24. The average Bonchev–Trinajstić information content (AvgIpc) is 3.00. The maximum atomic E-state index is 9.19. The molecule has 0 bridgehead atoms. The Hall–Kier alpha value is -2.40. The van der Waals surface area contributed by atoms with Gasteiger partial charge in [-0.3, -0.25) is 4.99 Å². The summed E-state index contributed by atoms with van der Waals surface area (Å²) in [5, 5.41) is 13.4. The van der Waals surface area contributed by atoms with Crippen LogP contribution in [-0.4, -0.2) is 35.5 Å². The van der Waals surface area contributed by atoms with Gasteiger partial charge in [-0.05, 0) is 30.2 Å². The summed E-state index contributed by atoms with van der Waals surface area (Å²) in [4.78, 5) is 8.61. The Morgan fingerprint density at radius 2 is 2.24 bits per heavy atom. The molecule has 2 aromatic rings. The number of hydrogen-bond acceptors (Lipinski definition) is 5. The summed E-state index contributed by atoms with van der Waals surface area (Å²) in [6, 6.07) is 7.88. The second-order valence-corrected chi connectivity index (χ2v) is 5.24. The Morgan fingerprint density at radius 3 is 2.95 bits per heavy atom. The van der Waals surface area contributed by atoms with Crippen LogP contribution in [0.2, 0.25) is 0 Å². The molecule has 3 rings (SSSR count). The van der Waals surface area contributed by atoms with Gasteiger partial charge in [-0.1, -0.05) is 12.1 Å². The molecule has 1 atom stereocenters. The number of aliphatic hydroxyl groups is 1. The summed E-state index contributed by atoms with van der Waals surface area (Å²) >= 11 is 0. The maximum absolute atomic E-state index is 9.19. The molecule has 0 radical (unpaired) electrons. The number of allylic oxidation sites excluding steroid dienone is 1. The highest BCUT2D eigenvalue weighted by atomic mass is 16.3. The molecule has 0 fully saturated rings. The molecular weight excluding hydrogens is 264 g/mol. The van der Waals surface area contributed by atoms with Crippen LogP contribution in [0.25, 0.3) is 16.5 Å². The first-order valence-corrected chi connectivity index (χ1v) is 6.94. The van der Waals surface area contributed by atoms with E-state index in [9.17, 15) is 5.11 Å². The average molecular weight is 282 g/mol. The zero-order chi connectivity index (χ0) is 14.8. The molecule has 2 heterocycles. The van der Waals surface area contributed by atoms with Gasteiger partial charge in [0.2, 0.25) is 0 Å². The summed E-state index contributed by atoms with van der Waals surface area (Å²) in [5.74, 6) is 0.462. The fourth-order valence-electron chi connectivity index (χ4n) is 2.41. The zero-order valence-electron chi connectivity index (χ0n) is 11.9. The Balaban J connectivity index is 2.05. The smallest absolute Gasteiger partial charge is 0.126 e. The van der Waals surface area contributed by atoms with E-state index >= 15 is 0 Å². The van der Waals surface area contributed by atoms with Crippen LogP contribution in [0.5, 0.6) is 0 Å². The second kappa shape index (κ2) is 5.54. The summed E-state index contributed by atoms with van der Waals surface area (Å²) in [5.41, 5.74) is 9.91. The molecule has 4 N–H and O–H groups in total. The topological polar surface area (TPSA) is 83.5 Å². The largest absolute Gasteiger partial charge is 0.394 e. The van der Waals surface area contributed by atoms with Crippen molar-refractivity contribution in [1.82, 2.24) is 4.98 Å². The predicted molar refractivity (Wildman–Crippen MR) is 87.7 cm³/mol. The van der Waals surface area contributed by atoms with Crippen LogP contribution in [0.3, 0.4) is 0 Å². The number of benzene rings is 1. The lowest BCUT2D eigenvalue weighted by Gasteiger charge is -2.15. The van der Waals surface area contributed by atoms with Gasteiger partial charge < -0.3 is 16.2 Å². The van der Waals surface area contributed by atoms with Gasteiger partial charge in [0.25, 0.3) is 0 Å². The van der Waals surface area contributed by atoms with E-state index in [-0.39, 0.29) is 12.6 Å². The van der Waals surface area contributed by atoms with Crippen LogP contribution >= 0.6 is 0 Å². The molecule has 21 heavy (non-hydrogen) atoms. The lowest BCUT2D eigenvalue weighted by molar-refractivity contribution is 0.281. The van der Waals surface area contributed by atoms with Gasteiger partial charge >= 0.3 is 0 Å². The minimum Gasteiger partial charge on any atom is -0.394 e. The third kappa shape index (κ3) is 2.73. The summed E-state index contributed by atoms with van der Waals surface area (Å²) in [6.45, 7) is 2.68. The van der Waals surface area contributed by atoms with Crippen molar-refractivity contribution in [3.63, 3.8) is 0 Å². The van der Waals surface area contributed by atoms with E-state index < -0.39 is 0 Å². The van der Waals surface area contributed by atoms with Crippen molar-refractivity contribution < 1.29 is 5.11 Å². The number of anilines is 2. The number of nitrogens with zero attached hydrogens (tertiary/aromatic N) is 2. The Bertz CT molecular complexity index is 736. The van der Waals surface area contributed by atoms with E-state index in [0.29, 0.717) is 12.4 Å². The van der Waals surface area contributed by atoms with Crippen molar-refractivity contribution in [2.24, 2.45) is 4.99 Å². The van der Waals surface area contributed by atoms with Gasteiger partial charge in [0.15, 0.2) is 0 Å². The summed E-state index contributed by atoms with van der Waals surface area (Å²) in [7, 11) is 0. The van der Waals surface area contributed by atoms with Crippen molar-refractivity contribution in [2.75, 3.05) is 24.2 Å². The summed E-state index contributed by atoms with van der Waals surface area (Å²) < 4.78 is 0. The van der Waals surface area contributed by atoms with E-state index in [0.717, 1.165) is 22.2 Å². The SMILES string of the molecule is C[C@@H](CO)Nc1cc(N)nc2cc(C3=CC=NC3)ccc12. The number of aliphatic hydroxyl groups excluding tert-OH is 1. The van der Waals surface area contributed by atoms with Gasteiger partial charge in [-0.25, -0.2) is 4.98 Å². The number of aliphatic imine (C=N–C) groups is 1. The van der Waals surface area contributed by atoms with E-state index in [1.807, 2.05) is 31.3 Å². The van der Waals surface area contributed by atoms with E-state index in [4.69, 9.17) is 5.73 Å². The molecule has 5 heteroatoms. The minimum atomic E-state index is -0.0411. The third-order valence-corrected chi connectivity index (χ3v) is 3.52. The quantitative estimate of drug-likeness (QED) is 0.801. The highest BCUT2D eigenvalue weighted by molar-refractivity contribution is 5.97. The number of pyridine rings is 1. The minimum absolute atomic E-state index is 0.0411. The molecule has 0 saturated heterocycles. The van der Waals surface area contributed by atoms with E-state index in [2.05, 4.69) is 21.4 Å². The molecule has 0 spiro atoms. The fraction of sp³-hybridized carbons (Fsp3) is 0.250. The van der Waals surface area contributed by atoms with Gasteiger partial charge in [0, 0.05) is 29.4 Å². The molecule has 108 valence electrons. The lowest BCUT2D eigenvalue weighted by Crippen LogP contribution is -2.19.